The van der Waals surface area contributed by atoms with Gasteiger partial charge in [0.15, 0.2) is 0 Å². The molecule has 0 radical (unpaired) electrons. The minimum absolute atomic E-state index is 0.0835. The van der Waals surface area contributed by atoms with Gasteiger partial charge in [0.25, 0.3) is 0 Å². The van der Waals surface area contributed by atoms with Crippen molar-refractivity contribution in [2.45, 2.75) is 45.3 Å². The number of nitrogens with one attached hydrogen (secondary N) is 1. The molecule has 4 heteroatoms. The van der Waals surface area contributed by atoms with Crippen molar-refractivity contribution in [3.63, 3.8) is 0 Å². The summed E-state index contributed by atoms with van der Waals surface area (Å²) in [5.74, 6) is 0.0938. The maximum Gasteiger partial charge on any atom is 0.240 e. The van der Waals surface area contributed by atoms with Crippen molar-refractivity contribution in [3.05, 3.63) is 0 Å². The Morgan fingerprint density at radius 2 is 2.07 bits per heavy atom. The van der Waals surface area contributed by atoms with Crippen molar-refractivity contribution < 1.29 is 4.79 Å². The fourth-order valence-electron chi connectivity index (χ4n) is 1.91. The zero-order valence-electron chi connectivity index (χ0n) is 9.50. The molecule has 1 fully saturated rings. The molecule has 1 saturated heterocycles. The summed E-state index contributed by atoms with van der Waals surface area (Å²) < 4.78 is 0. The van der Waals surface area contributed by atoms with Crippen LogP contribution in [0.4, 0.5) is 0 Å². The minimum Gasteiger partial charge on any atom is -0.353 e. The van der Waals surface area contributed by atoms with Gasteiger partial charge in [-0.3, -0.25) is 9.69 Å². The van der Waals surface area contributed by atoms with Crippen LogP contribution in [0.25, 0.3) is 0 Å². The van der Waals surface area contributed by atoms with Gasteiger partial charge in [-0.25, -0.2) is 0 Å². The van der Waals surface area contributed by atoms with E-state index in [-0.39, 0.29) is 18.0 Å². The maximum absolute atomic E-state index is 11.7. The topological polar surface area (TPSA) is 58.4 Å². The van der Waals surface area contributed by atoms with Crippen molar-refractivity contribution in [1.29, 1.82) is 0 Å². The van der Waals surface area contributed by atoms with Crippen molar-refractivity contribution in [3.8, 4) is 0 Å². The largest absolute Gasteiger partial charge is 0.353 e. The molecule has 14 heavy (non-hydrogen) atoms. The maximum atomic E-state index is 11.7. The Balaban J connectivity index is 2.81. The third kappa shape index (κ3) is 1.91. The lowest BCUT2D eigenvalue weighted by molar-refractivity contribution is -0.137. The number of rotatable bonds is 2. The third-order valence-electron chi connectivity index (χ3n) is 3.16. The molecule has 1 aliphatic rings. The predicted octanol–water partition coefficient (Wildman–Crippen LogP) is -0.0675. The van der Waals surface area contributed by atoms with Crippen molar-refractivity contribution in [2.75, 3.05) is 13.1 Å². The van der Waals surface area contributed by atoms with E-state index in [0.717, 1.165) is 13.1 Å². The zero-order chi connectivity index (χ0) is 10.9. The summed E-state index contributed by atoms with van der Waals surface area (Å²) in [4.78, 5) is 13.8. The second-order valence-corrected chi connectivity index (χ2v) is 4.61. The summed E-state index contributed by atoms with van der Waals surface area (Å²) in [5.41, 5.74) is 5.42. The Bertz CT molecular complexity index is 225. The summed E-state index contributed by atoms with van der Waals surface area (Å²) in [6.45, 7) is 9.54. The molecular weight excluding hydrogens is 178 g/mol. The molecule has 0 saturated carbocycles. The lowest BCUT2D eigenvalue weighted by atomic mass is 9.95. The van der Waals surface area contributed by atoms with Crippen LogP contribution in [-0.2, 0) is 4.79 Å². The van der Waals surface area contributed by atoms with E-state index in [4.69, 9.17) is 5.73 Å². The van der Waals surface area contributed by atoms with Crippen LogP contribution in [0, 0.1) is 0 Å². The van der Waals surface area contributed by atoms with Crippen LogP contribution in [0.3, 0.4) is 0 Å². The monoisotopic (exact) mass is 199 g/mol. The first-order valence-electron chi connectivity index (χ1n) is 5.18. The van der Waals surface area contributed by atoms with E-state index < -0.39 is 5.54 Å². The number of nitrogens with two attached hydrogens (primary N) is 1. The van der Waals surface area contributed by atoms with E-state index in [9.17, 15) is 4.79 Å². The highest BCUT2D eigenvalue weighted by atomic mass is 16.2. The fraction of sp³-hybridized carbons (Fsp3) is 0.900. The molecule has 2 atom stereocenters. The van der Waals surface area contributed by atoms with Crippen LogP contribution in [-0.4, -0.2) is 41.5 Å². The normalized spacial score (nSPS) is 26.8. The highest BCUT2D eigenvalue weighted by molar-refractivity contribution is 5.86. The minimum atomic E-state index is -0.439. The average Bonchev–Trinajstić information content (AvgIpc) is 2.08. The van der Waals surface area contributed by atoms with E-state index in [1.54, 1.807) is 0 Å². The third-order valence-corrected chi connectivity index (χ3v) is 3.16. The Kier molecular flexibility index (Phi) is 3.17. The second kappa shape index (κ2) is 3.87. The Hall–Kier alpha value is -0.610. The van der Waals surface area contributed by atoms with Gasteiger partial charge in [0.1, 0.15) is 0 Å². The molecule has 0 aromatic carbocycles. The molecule has 1 aliphatic heterocycles. The summed E-state index contributed by atoms with van der Waals surface area (Å²) in [7, 11) is 0. The second-order valence-electron chi connectivity index (χ2n) is 4.61. The molecule has 3 N–H and O–H groups in total. The van der Waals surface area contributed by atoms with Crippen LogP contribution in [0.1, 0.15) is 27.7 Å². The average molecular weight is 199 g/mol. The quantitative estimate of drug-likeness (QED) is 0.654. The predicted molar refractivity (Wildman–Crippen MR) is 56.9 cm³/mol. The van der Waals surface area contributed by atoms with Gasteiger partial charge in [0.2, 0.25) is 5.91 Å². The van der Waals surface area contributed by atoms with Gasteiger partial charge in [-0.2, -0.15) is 0 Å². The molecule has 0 spiro atoms. The lowest BCUT2D eigenvalue weighted by Gasteiger charge is -2.45. The van der Waals surface area contributed by atoms with Gasteiger partial charge in [-0.15, -0.1) is 0 Å². The van der Waals surface area contributed by atoms with E-state index in [2.05, 4.69) is 17.1 Å². The van der Waals surface area contributed by atoms with Crippen molar-refractivity contribution in [2.24, 2.45) is 5.73 Å². The molecule has 1 rings (SSSR count). The Labute approximate surface area is 85.8 Å². The zero-order valence-corrected chi connectivity index (χ0v) is 9.50. The van der Waals surface area contributed by atoms with Crippen LogP contribution < -0.4 is 11.1 Å². The molecule has 0 aromatic heterocycles. The van der Waals surface area contributed by atoms with Gasteiger partial charge in [-0.1, -0.05) is 0 Å². The first-order chi connectivity index (χ1) is 6.37. The van der Waals surface area contributed by atoms with Crippen LogP contribution in [0.5, 0.6) is 0 Å². The number of hydrogen-bond acceptors (Lipinski definition) is 3. The molecule has 1 heterocycles. The summed E-state index contributed by atoms with van der Waals surface area (Å²) >= 11 is 0. The van der Waals surface area contributed by atoms with E-state index >= 15 is 0 Å². The molecule has 1 amide bonds. The highest BCUT2D eigenvalue weighted by Crippen LogP contribution is 2.21. The van der Waals surface area contributed by atoms with Crippen LogP contribution >= 0.6 is 0 Å². The number of piperazine rings is 1. The summed E-state index contributed by atoms with van der Waals surface area (Å²) in [6.07, 6.45) is 0. The number of carbonyl (C=O) groups is 1. The van der Waals surface area contributed by atoms with Crippen LogP contribution in [0.15, 0.2) is 0 Å². The van der Waals surface area contributed by atoms with Crippen molar-refractivity contribution in [1.82, 2.24) is 10.2 Å². The molecule has 0 aromatic rings. The van der Waals surface area contributed by atoms with E-state index in [1.165, 1.54) is 0 Å². The molecule has 0 bridgehead atoms. The van der Waals surface area contributed by atoms with Gasteiger partial charge >= 0.3 is 0 Å². The summed E-state index contributed by atoms with van der Waals surface area (Å²) in [5, 5.41) is 2.87. The van der Waals surface area contributed by atoms with E-state index in [1.807, 2.05) is 20.8 Å². The Morgan fingerprint density at radius 1 is 1.50 bits per heavy atom. The SMILES string of the molecule is CC(N)C(C)N1CCNC(=O)C1(C)C. The first-order valence-corrected chi connectivity index (χ1v) is 5.18. The molecule has 82 valence electrons. The van der Waals surface area contributed by atoms with Gasteiger partial charge in [0, 0.05) is 25.2 Å². The van der Waals surface area contributed by atoms with Gasteiger partial charge < -0.3 is 11.1 Å². The number of carbonyl (C=O) groups excluding carboxylic acids is 1. The summed E-state index contributed by atoms with van der Waals surface area (Å²) in [6, 6.07) is 0.316. The van der Waals surface area contributed by atoms with Gasteiger partial charge in [-0.05, 0) is 27.7 Å². The Morgan fingerprint density at radius 3 is 2.57 bits per heavy atom. The number of nitrogens with zero attached hydrogens (tertiary/aromatic N) is 1. The fourth-order valence-corrected chi connectivity index (χ4v) is 1.91. The lowest BCUT2D eigenvalue weighted by Crippen LogP contribution is -2.66. The highest BCUT2D eigenvalue weighted by Gasteiger charge is 2.40. The van der Waals surface area contributed by atoms with Crippen molar-refractivity contribution >= 4 is 5.91 Å². The van der Waals surface area contributed by atoms with Gasteiger partial charge in [0.05, 0.1) is 5.54 Å². The van der Waals surface area contributed by atoms with E-state index in [0.29, 0.717) is 0 Å². The number of hydrogen-bond donors (Lipinski definition) is 2. The van der Waals surface area contributed by atoms with Crippen LogP contribution in [0.2, 0.25) is 0 Å². The smallest absolute Gasteiger partial charge is 0.240 e. The molecule has 2 unspecified atom stereocenters. The molecule has 4 nitrogen and oxygen atoms in total. The molecule has 0 aliphatic carbocycles. The number of amides is 1. The first kappa shape index (κ1) is 11.5. The standard InChI is InChI=1S/C10H21N3O/c1-7(11)8(2)13-6-5-12-9(14)10(13,3)4/h7-8H,5-6,11H2,1-4H3,(H,12,14). The molecular formula is C10H21N3O.